The number of amides is 2. The zero-order chi connectivity index (χ0) is 16.8. The third-order valence-corrected chi connectivity index (χ3v) is 5.83. The predicted molar refractivity (Wildman–Crippen MR) is 98.2 cm³/mol. The van der Waals surface area contributed by atoms with E-state index in [1.165, 1.54) is 34.4 Å². The Balaban J connectivity index is 1.46. The summed E-state index contributed by atoms with van der Waals surface area (Å²) >= 11 is 4.15. The van der Waals surface area contributed by atoms with E-state index in [2.05, 4.69) is 15.8 Å². The van der Waals surface area contributed by atoms with Crippen LogP contribution in [-0.2, 0) is 4.79 Å². The lowest BCUT2D eigenvalue weighted by Gasteiger charge is -2.05. The molecule has 0 saturated carbocycles. The second-order valence-corrected chi connectivity index (χ2v) is 7.66. The molecular weight excluding hydrogens is 362 g/mol. The summed E-state index contributed by atoms with van der Waals surface area (Å²) in [6, 6.07) is 13.4. The number of hydrogen-bond donors (Lipinski definition) is 2. The first-order valence-electron chi connectivity index (χ1n) is 6.99. The van der Waals surface area contributed by atoms with Gasteiger partial charge >= 0.3 is 0 Å². The molecule has 0 atom stereocenters. The normalized spacial score (nSPS) is 10.3. The molecular formula is C16H13N3O2S3. The Morgan fingerprint density at radius 1 is 1.04 bits per heavy atom. The average molecular weight is 376 g/mol. The van der Waals surface area contributed by atoms with Crippen LogP contribution in [0.15, 0.2) is 57.6 Å². The highest BCUT2D eigenvalue weighted by molar-refractivity contribution is 8.01. The number of thiophene rings is 1. The van der Waals surface area contributed by atoms with Crippen LogP contribution >= 0.6 is 34.4 Å². The smallest absolute Gasteiger partial charge is 0.272 e. The van der Waals surface area contributed by atoms with E-state index < -0.39 is 0 Å². The number of hydrogen-bond acceptors (Lipinski definition) is 6. The number of rotatable bonds is 5. The molecule has 3 rings (SSSR count). The molecule has 122 valence electrons. The van der Waals surface area contributed by atoms with Crippen LogP contribution in [0.3, 0.4) is 0 Å². The summed E-state index contributed by atoms with van der Waals surface area (Å²) in [7, 11) is 0. The summed E-state index contributed by atoms with van der Waals surface area (Å²) in [5, 5.41) is 3.77. The Morgan fingerprint density at radius 2 is 1.88 bits per heavy atom. The predicted octanol–water partition coefficient (Wildman–Crippen LogP) is 3.42. The zero-order valence-electron chi connectivity index (χ0n) is 12.4. The Bertz CT molecular complexity index is 816. The fraction of sp³-hybridized carbons (Fsp3) is 0.0625. The number of benzene rings is 1. The van der Waals surface area contributed by atoms with Crippen molar-refractivity contribution in [2.75, 3.05) is 5.75 Å². The van der Waals surface area contributed by atoms with Crippen molar-refractivity contribution in [3.05, 3.63) is 58.1 Å². The van der Waals surface area contributed by atoms with Gasteiger partial charge in [-0.05, 0) is 11.4 Å². The van der Waals surface area contributed by atoms with Crippen molar-refractivity contribution in [3.63, 3.8) is 0 Å². The maximum absolute atomic E-state index is 11.8. The Labute approximate surface area is 151 Å². The molecule has 8 heteroatoms. The molecule has 0 fully saturated rings. The highest BCUT2D eigenvalue weighted by Gasteiger charge is 2.10. The first-order chi connectivity index (χ1) is 11.7. The molecule has 5 nitrogen and oxygen atoms in total. The number of carbonyl (C=O) groups is 2. The van der Waals surface area contributed by atoms with Crippen molar-refractivity contribution in [3.8, 4) is 11.3 Å². The van der Waals surface area contributed by atoms with Gasteiger partial charge in [0.15, 0.2) is 4.34 Å². The summed E-state index contributed by atoms with van der Waals surface area (Å²) in [4.78, 5) is 28.6. The van der Waals surface area contributed by atoms with Crippen LogP contribution in [0.2, 0.25) is 0 Å². The largest absolute Gasteiger partial charge is 0.279 e. The molecule has 0 unspecified atom stereocenters. The van der Waals surface area contributed by atoms with Gasteiger partial charge in [-0.2, -0.15) is 0 Å². The monoisotopic (exact) mass is 375 g/mol. The number of aromatic nitrogens is 1. The summed E-state index contributed by atoms with van der Waals surface area (Å²) in [5.41, 5.74) is 6.74. The molecule has 2 N–H and O–H groups in total. The molecule has 2 heterocycles. The van der Waals surface area contributed by atoms with Crippen LogP contribution < -0.4 is 10.9 Å². The van der Waals surface area contributed by atoms with Crippen molar-refractivity contribution in [1.82, 2.24) is 15.8 Å². The third kappa shape index (κ3) is 4.44. The minimum absolute atomic E-state index is 0.187. The maximum atomic E-state index is 11.8. The van der Waals surface area contributed by atoms with Gasteiger partial charge in [0.2, 0.25) is 5.91 Å². The number of nitrogens with zero attached hydrogens (tertiary/aromatic N) is 1. The van der Waals surface area contributed by atoms with Crippen molar-refractivity contribution < 1.29 is 9.59 Å². The Hall–Kier alpha value is -2.16. The Morgan fingerprint density at radius 3 is 2.62 bits per heavy atom. The van der Waals surface area contributed by atoms with E-state index in [1.54, 1.807) is 17.5 Å². The van der Waals surface area contributed by atoms with E-state index in [1.807, 2.05) is 35.7 Å². The highest BCUT2D eigenvalue weighted by Crippen LogP contribution is 2.27. The second kappa shape index (κ2) is 8.09. The van der Waals surface area contributed by atoms with Crippen LogP contribution in [0, 0.1) is 0 Å². The fourth-order valence-corrected chi connectivity index (χ4v) is 4.08. The van der Waals surface area contributed by atoms with Crippen molar-refractivity contribution in [2.24, 2.45) is 0 Å². The number of nitrogens with one attached hydrogen (secondary N) is 2. The lowest BCUT2D eigenvalue weighted by molar-refractivity contribution is -0.119. The molecule has 0 aliphatic heterocycles. The van der Waals surface area contributed by atoms with Gasteiger partial charge in [0.25, 0.3) is 5.91 Å². The van der Waals surface area contributed by atoms with E-state index in [4.69, 9.17) is 0 Å². The minimum Gasteiger partial charge on any atom is -0.272 e. The van der Waals surface area contributed by atoms with Gasteiger partial charge in [0.05, 0.1) is 16.3 Å². The summed E-state index contributed by atoms with van der Waals surface area (Å²) in [6.45, 7) is 0. The van der Waals surface area contributed by atoms with E-state index in [9.17, 15) is 9.59 Å². The fourth-order valence-electron chi connectivity index (χ4n) is 1.82. The molecule has 2 aromatic heterocycles. The number of carbonyl (C=O) groups excluding carboxylic acids is 2. The molecule has 0 aliphatic rings. The van der Waals surface area contributed by atoms with Crippen molar-refractivity contribution in [2.45, 2.75) is 4.34 Å². The van der Waals surface area contributed by atoms with E-state index in [0.29, 0.717) is 4.88 Å². The molecule has 2 amide bonds. The standard InChI is InChI=1S/C16H13N3O2S3/c20-14(18-19-15(21)13-7-4-8-22-13)10-24-16-17-12(9-23-16)11-5-2-1-3-6-11/h1-9H,10H2,(H,18,20)(H,19,21). The molecule has 0 radical (unpaired) electrons. The Kier molecular flexibility index (Phi) is 5.63. The van der Waals surface area contributed by atoms with Crippen LogP contribution in [0.25, 0.3) is 11.3 Å². The van der Waals surface area contributed by atoms with Crippen LogP contribution in [0.5, 0.6) is 0 Å². The molecule has 0 spiro atoms. The van der Waals surface area contributed by atoms with Gasteiger partial charge in [-0.25, -0.2) is 4.98 Å². The van der Waals surface area contributed by atoms with E-state index >= 15 is 0 Å². The first kappa shape index (κ1) is 16.7. The van der Waals surface area contributed by atoms with Crippen LogP contribution in [-0.4, -0.2) is 22.6 Å². The van der Waals surface area contributed by atoms with Crippen LogP contribution in [0.1, 0.15) is 9.67 Å². The van der Waals surface area contributed by atoms with Gasteiger partial charge in [0, 0.05) is 10.9 Å². The maximum Gasteiger partial charge on any atom is 0.279 e. The molecule has 24 heavy (non-hydrogen) atoms. The van der Waals surface area contributed by atoms with Gasteiger partial charge in [-0.3, -0.25) is 20.4 Å². The topological polar surface area (TPSA) is 71.1 Å². The zero-order valence-corrected chi connectivity index (χ0v) is 14.8. The van der Waals surface area contributed by atoms with E-state index in [-0.39, 0.29) is 17.6 Å². The third-order valence-electron chi connectivity index (χ3n) is 2.94. The van der Waals surface area contributed by atoms with Gasteiger partial charge < -0.3 is 0 Å². The van der Waals surface area contributed by atoms with Crippen LogP contribution in [0.4, 0.5) is 0 Å². The summed E-state index contributed by atoms with van der Waals surface area (Å²) < 4.78 is 0.814. The molecule has 0 saturated heterocycles. The van der Waals surface area contributed by atoms with Gasteiger partial charge in [0.1, 0.15) is 0 Å². The average Bonchev–Trinajstić information content (AvgIpc) is 3.30. The molecule has 0 bridgehead atoms. The quantitative estimate of drug-likeness (QED) is 0.529. The number of thiazole rings is 1. The molecule has 0 aliphatic carbocycles. The summed E-state index contributed by atoms with van der Waals surface area (Å²) in [5.74, 6) is -0.405. The van der Waals surface area contributed by atoms with E-state index in [0.717, 1.165) is 15.6 Å². The van der Waals surface area contributed by atoms with Gasteiger partial charge in [-0.1, -0.05) is 48.2 Å². The second-order valence-electron chi connectivity index (χ2n) is 4.63. The molecule has 1 aromatic carbocycles. The molecule has 3 aromatic rings. The van der Waals surface area contributed by atoms with Crippen molar-refractivity contribution >= 4 is 46.2 Å². The van der Waals surface area contributed by atoms with Gasteiger partial charge in [-0.15, -0.1) is 22.7 Å². The lowest BCUT2D eigenvalue weighted by atomic mass is 10.2. The first-order valence-corrected chi connectivity index (χ1v) is 9.73. The summed E-state index contributed by atoms with van der Waals surface area (Å²) in [6.07, 6.45) is 0. The SMILES string of the molecule is O=C(CSc1nc(-c2ccccc2)cs1)NNC(=O)c1cccs1. The minimum atomic E-state index is -0.316. The number of thioether (sulfide) groups is 1. The highest BCUT2D eigenvalue weighted by atomic mass is 32.2. The number of hydrazine groups is 1. The van der Waals surface area contributed by atoms with Crippen molar-refractivity contribution in [1.29, 1.82) is 0 Å². The lowest BCUT2D eigenvalue weighted by Crippen LogP contribution is -2.42.